The predicted octanol–water partition coefficient (Wildman–Crippen LogP) is 4.77. The molecule has 0 unspecified atom stereocenters. The molecule has 6 nitrogen and oxygen atoms in total. The molecule has 1 amide bonds. The Morgan fingerprint density at radius 2 is 1.87 bits per heavy atom. The van der Waals surface area contributed by atoms with Crippen LogP contribution in [0, 0.1) is 0 Å². The van der Waals surface area contributed by atoms with Gasteiger partial charge in [0, 0.05) is 42.4 Å². The van der Waals surface area contributed by atoms with Gasteiger partial charge in [-0.05, 0) is 81.0 Å². The lowest BCUT2D eigenvalue weighted by Crippen LogP contribution is -2.29. The van der Waals surface area contributed by atoms with E-state index in [-0.39, 0.29) is 23.5 Å². The third-order valence-corrected chi connectivity index (χ3v) is 5.71. The number of anilines is 2. The van der Waals surface area contributed by atoms with Crippen LogP contribution in [0.15, 0.2) is 67.1 Å². The zero-order valence-corrected chi connectivity index (χ0v) is 19.0. The summed E-state index contributed by atoms with van der Waals surface area (Å²) >= 11 is 5.77. The Balaban J connectivity index is 1.76. The third-order valence-electron chi connectivity index (χ3n) is 5.40. The molecule has 7 heteroatoms. The number of hydrogen-bond donors (Lipinski definition) is 2. The summed E-state index contributed by atoms with van der Waals surface area (Å²) in [6.45, 7) is 8.05. The van der Waals surface area contributed by atoms with Crippen molar-refractivity contribution in [3.63, 3.8) is 0 Å². The first kappa shape index (κ1) is 21.1. The lowest BCUT2D eigenvalue weighted by molar-refractivity contribution is -0.114. The minimum Gasteiger partial charge on any atom is -0.351 e. The molecule has 0 radical (unpaired) electrons. The summed E-state index contributed by atoms with van der Waals surface area (Å²) in [4.78, 5) is 18.1. The second kappa shape index (κ2) is 8.15. The monoisotopic (exact) mass is 433 g/mol. The van der Waals surface area contributed by atoms with Crippen LogP contribution in [0.1, 0.15) is 51.0 Å². The van der Waals surface area contributed by atoms with E-state index < -0.39 is 0 Å². The van der Waals surface area contributed by atoms with Crippen molar-refractivity contribution < 1.29 is 4.79 Å². The molecule has 2 N–H and O–H groups in total. The van der Waals surface area contributed by atoms with Crippen LogP contribution in [0.5, 0.6) is 0 Å². The highest BCUT2D eigenvalue weighted by Gasteiger charge is 2.41. The van der Waals surface area contributed by atoms with Gasteiger partial charge in [0.05, 0.1) is 17.8 Å². The van der Waals surface area contributed by atoms with Crippen molar-refractivity contribution in [2.75, 3.05) is 10.2 Å². The molecule has 0 spiro atoms. The summed E-state index contributed by atoms with van der Waals surface area (Å²) in [5, 5.41) is 6.94. The number of nitrogens with one attached hydrogen (secondary N) is 2. The van der Waals surface area contributed by atoms with E-state index in [2.05, 4.69) is 64.3 Å². The van der Waals surface area contributed by atoms with Crippen LogP contribution >= 0.6 is 12.2 Å². The molecule has 160 valence electrons. The number of pyridine rings is 1. The molecular formula is C24H27N5OS. The van der Waals surface area contributed by atoms with E-state index in [1.807, 2.05) is 48.7 Å². The number of thiocarbonyl (C=S) groups is 1. The normalized spacial score (nSPS) is 18.7. The fraction of sp³-hybridized carbons (Fsp3) is 0.292. The maximum absolute atomic E-state index is 11.4. The van der Waals surface area contributed by atoms with Crippen LogP contribution in [0.4, 0.5) is 11.4 Å². The molecule has 0 aliphatic carbocycles. The number of hydrogen-bond acceptors (Lipinski definition) is 3. The summed E-state index contributed by atoms with van der Waals surface area (Å²) in [7, 11) is 0. The molecule has 0 saturated carbocycles. The molecular weight excluding hydrogens is 406 g/mol. The minimum atomic E-state index is -0.0947. The topological polar surface area (TPSA) is 62.2 Å². The maximum atomic E-state index is 11.4. The van der Waals surface area contributed by atoms with Gasteiger partial charge in [0.15, 0.2) is 5.11 Å². The number of aromatic nitrogens is 2. The zero-order chi connectivity index (χ0) is 22.2. The number of carbonyl (C=O) groups is 1. The fourth-order valence-corrected chi connectivity index (χ4v) is 4.23. The Kier molecular flexibility index (Phi) is 5.54. The highest BCUT2D eigenvalue weighted by Crippen LogP contribution is 2.42. The van der Waals surface area contributed by atoms with Gasteiger partial charge in [-0.1, -0.05) is 6.07 Å². The SMILES string of the molecule is CC(=O)Nc1ccc(N2C(=S)N[C@H](c3ccccn3)[C@@H]2c2ccn(C(C)(C)C)c2)cc1. The molecule has 1 fully saturated rings. The van der Waals surface area contributed by atoms with Crippen LogP contribution < -0.4 is 15.5 Å². The standard InChI is InChI=1S/C24H27N5OS/c1-16(30)26-18-8-10-19(11-9-18)29-22(17-12-14-28(15-17)24(2,3)4)21(27-23(29)31)20-7-5-6-13-25-20/h5-15,21-22H,1-4H3,(H,26,30)(H,27,31)/t21-,22+/m1/s1. The molecule has 2 atom stereocenters. The quantitative estimate of drug-likeness (QED) is 0.580. The fourth-order valence-electron chi connectivity index (χ4n) is 3.89. The first-order valence-corrected chi connectivity index (χ1v) is 10.7. The number of amides is 1. The molecule has 1 aliphatic rings. The van der Waals surface area contributed by atoms with Gasteiger partial charge < -0.3 is 20.1 Å². The van der Waals surface area contributed by atoms with Crippen molar-refractivity contribution in [1.29, 1.82) is 0 Å². The van der Waals surface area contributed by atoms with Crippen molar-refractivity contribution in [2.24, 2.45) is 0 Å². The highest BCUT2D eigenvalue weighted by atomic mass is 32.1. The van der Waals surface area contributed by atoms with Gasteiger partial charge in [-0.3, -0.25) is 9.78 Å². The lowest BCUT2D eigenvalue weighted by Gasteiger charge is -2.28. The molecule has 3 aromatic rings. The van der Waals surface area contributed by atoms with Crippen LogP contribution in [0.25, 0.3) is 0 Å². The highest BCUT2D eigenvalue weighted by molar-refractivity contribution is 7.80. The molecule has 0 bridgehead atoms. The van der Waals surface area contributed by atoms with Crippen LogP contribution in [-0.2, 0) is 10.3 Å². The van der Waals surface area contributed by atoms with Gasteiger partial charge in [0.2, 0.25) is 5.91 Å². The van der Waals surface area contributed by atoms with Gasteiger partial charge in [0.1, 0.15) is 0 Å². The Morgan fingerprint density at radius 3 is 2.45 bits per heavy atom. The second-order valence-corrected chi connectivity index (χ2v) is 9.13. The van der Waals surface area contributed by atoms with E-state index in [0.29, 0.717) is 5.11 Å². The Labute approximate surface area is 188 Å². The third kappa shape index (κ3) is 4.32. The van der Waals surface area contributed by atoms with Gasteiger partial charge in [-0.2, -0.15) is 0 Å². The van der Waals surface area contributed by atoms with Crippen molar-refractivity contribution in [3.8, 4) is 0 Å². The molecule has 1 aromatic carbocycles. The number of carbonyl (C=O) groups excluding carboxylic acids is 1. The second-order valence-electron chi connectivity index (χ2n) is 8.75. The zero-order valence-electron chi connectivity index (χ0n) is 18.2. The predicted molar refractivity (Wildman–Crippen MR) is 128 cm³/mol. The van der Waals surface area contributed by atoms with Crippen molar-refractivity contribution >= 4 is 34.6 Å². The van der Waals surface area contributed by atoms with Crippen LogP contribution in [0.3, 0.4) is 0 Å². The average Bonchev–Trinajstić information content (AvgIpc) is 3.33. The first-order valence-electron chi connectivity index (χ1n) is 10.3. The van der Waals surface area contributed by atoms with E-state index in [0.717, 1.165) is 22.6 Å². The van der Waals surface area contributed by atoms with E-state index in [1.54, 1.807) is 0 Å². The minimum absolute atomic E-state index is 0.0177. The molecule has 1 saturated heterocycles. The van der Waals surface area contributed by atoms with E-state index in [4.69, 9.17) is 12.2 Å². The Hall–Kier alpha value is -3.19. The lowest BCUT2D eigenvalue weighted by atomic mass is 9.98. The van der Waals surface area contributed by atoms with Gasteiger partial charge in [0.25, 0.3) is 0 Å². The number of nitrogens with zero attached hydrogens (tertiary/aromatic N) is 3. The number of rotatable bonds is 4. The maximum Gasteiger partial charge on any atom is 0.221 e. The Bertz CT molecular complexity index is 1090. The molecule has 3 heterocycles. The first-order chi connectivity index (χ1) is 14.7. The smallest absolute Gasteiger partial charge is 0.221 e. The van der Waals surface area contributed by atoms with Gasteiger partial charge in [-0.15, -0.1) is 0 Å². The van der Waals surface area contributed by atoms with Crippen molar-refractivity contribution in [1.82, 2.24) is 14.9 Å². The van der Waals surface area contributed by atoms with Gasteiger partial charge in [-0.25, -0.2) is 0 Å². The number of benzene rings is 1. The van der Waals surface area contributed by atoms with E-state index in [9.17, 15) is 4.79 Å². The molecule has 31 heavy (non-hydrogen) atoms. The van der Waals surface area contributed by atoms with E-state index in [1.165, 1.54) is 6.92 Å². The summed E-state index contributed by atoms with van der Waals surface area (Å²) < 4.78 is 2.22. The summed E-state index contributed by atoms with van der Waals surface area (Å²) in [6, 6.07) is 15.7. The van der Waals surface area contributed by atoms with Crippen molar-refractivity contribution in [2.45, 2.75) is 45.3 Å². The average molecular weight is 434 g/mol. The molecule has 4 rings (SSSR count). The summed E-state index contributed by atoms with van der Waals surface area (Å²) in [5.74, 6) is -0.0947. The van der Waals surface area contributed by atoms with E-state index >= 15 is 0 Å². The molecule has 2 aromatic heterocycles. The van der Waals surface area contributed by atoms with Gasteiger partial charge >= 0.3 is 0 Å². The molecule has 1 aliphatic heterocycles. The van der Waals surface area contributed by atoms with Crippen LogP contribution in [0.2, 0.25) is 0 Å². The summed E-state index contributed by atoms with van der Waals surface area (Å²) in [5.41, 5.74) is 3.79. The van der Waals surface area contributed by atoms with Crippen LogP contribution in [-0.4, -0.2) is 20.6 Å². The summed E-state index contributed by atoms with van der Waals surface area (Å²) in [6.07, 6.45) is 6.11. The largest absolute Gasteiger partial charge is 0.351 e. The van der Waals surface area contributed by atoms with Crippen molar-refractivity contribution in [3.05, 3.63) is 78.4 Å². The Morgan fingerprint density at radius 1 is 1.13 bits per heavy atom.